The lowest BCUT2D eigenvalue weighted by Crippen LogP contribution is -2.45. The minimum absolute atomic E-state index is 0.108. The smallest absolute Gasteiger partial charge is 0.412 e. The van der Waals surface area contributed by atoms with Gasteiger partial charge in [-0.1, -0.05) is 116 Å². The number of carbonyl (C=O) groups is 3. The maximum atomic E-state index is 14.4. The third kappa shape index (κ3) is 8.30. The Kier molecular flexibility index (Phi) is 11.9. The van der Waals surface area contributed by atoms with Gasteiger partial charge in [0.25, 0.3) is 0 Å². The Morgan fingerprint density at radius 3 is 2.03 bits per heavy atom. The highest BCUT2D eigenvalue weighted by Gasteiger charge is 2.41. The Hall–Kier alpha value is -6.44. The number of halogens is 1. The summed E-state index contributed by atoms with van der Waals surface area (Å²) in [6, 6.07) is 43.6. The van der Waals surface area contributed by atoms with Crippen LogP contribution in [0.1, 0.15) is 69.2 Å². The summed E-state index contributed by atoms with van der Waals surface area (Å²) >= 11 is 6.74. The van der Waals surface area contributed by atoms with Crippen molar-refractivity contribution in [2.75, 3.05) is 18.4 Å². The lowest BCUT2D eigenvalue weighted by Gasteiger charge is -2.37. The molecule has 10 nitrogen and oxygen atoms in total. The van der Waals surface area contributed by atoms with E-state index in [1.165, 1.54) is 4.90 Å². The molecular weight excluding hydrogens is 762 g/mol. The molecule has 5 aromatic carbocycles. The summed E-state index contributed by atoms with van der Waals surface area (Å²) in [6.45, 7) is 7.47. The fraction of sp³-hybridized carbons (Fsp3) is 0.271. The van der Waals surface area contributed by atoms with Crippen LogP contribution >= 0.6 is 11.6 Å². The van der Waals surface area contributed by atoms with Crippen LogP contribution < -0.4 is 5.32 Å². The molecule has 1 N–H and O–H groups in total. The van der Waals surface area contributed by atoms with Gasteiger partial charge in [-0.25, -0.2) is 9.48 Å². The highest BCUT2D eigenvalue weighted by molar-refractivity contribution is 6.33. The zero-order chi connectivity index (χ0) is 41.7. The van der Waals surface area contributed by atoms with Gasteiger partial charge < -0.3 is 19.7 Å². The molecule has 300 valence electrons. The summed E-state index contributed by atoms with van der Waals surface area (Å²) in [5, 5.41) is 19.3. The van der Waals surface area contributed by atoms with E-state index in [1.807, 2.05) is 77.5 Å². The summed E-state index contributed by atoms with van der Waals surface area (Å²) in [4.78, 5) is 41.8. The van der Waals surface area contributed by atoms with E-state index in [0.717, 1.165) is 27.8 Å². The van der Waals surface area contributed by atoms with Gasteiger partial charge in [-0.2, -0.15) is 10.4 Å². The van der Waals surface area contributed by atoms with Crippen molar-refractivity contribution in [2.45, 2.75) is 58.8 Å². The maximum absolute atomic E-state index is 14.4. The van der Waals surface area contributed by atoms with Gasteiger partial charge in [0.15, 0.2) is 5.82 Å². The first-order valence-electron chi connectivity index (χ1n) is 19.8. The number of nitrogens with zero attached hydrogens (tertiary/aromatic N) is 4. The Morgan fingerprint density at radius 2 is 1.47 bits per heavy atom. The van der Waals surface area contributed by atoms with Crippen molar-refractivity contribution >= 4 is 46.3 Å². The molecule has 7 rings (SSSR count). The van der Waals surface area contributed by atoms with E-state index >= 15 is 0 Å². The number of hydrogen-bond acceptors (Lipinski definition) is 7. The van der Waals surface area contributed by atoms with E-state index in [4.69, 9.17) is 26.2 Å². The quantitative estimate of drug-likeness (QED) is 0.0829. The van der Waals surface area contributed by atoms with Gasteiger partial charge in [0.1, 0.15) is 5.54 Å². The average molecular weight is 808 g/mol. The molecule has 2 atom stereocenters. The van der Waals surface area contributed by atoms with E-state index in [2.05, 4.69) is 47.8 Å². The van der Waals surface area contributed by atoms with Gasteiger partial charge in [0.2, 0.25) is 12.2 Å². The predicted molar refractivity (Wildman–Crippen MR) is 229 cm³/mol. The molecule has 0 saturated carbocycles. The Labute approximate surface area is 349 Å². The second-order valence-corrected chi connectivity index (χ2v) is 16.2. The zero-order valence-corrected chi connectivity index (χ0v) is 34.3. The highest BCUT2D eigenvalue weighted by Crippen LogP contribution is 2.44. The summed E-state index contributed by atoms with van der Waals surface area (Å²) < 4.78 is 13.1. The summed E-state index contributed by atoms with van der Waals surface area (Å²) in [7, 11) is 0. The molecule has 0 spiro atoms. The molecule has 1 unspecified atom stereocenters. The van der Waals surface area contributed by atoms with Crippen LogP contribution in [0.15, 0.2) is 127 Å². The number of piperidine rings is 1. The fourth-order valence-corrected chi connectivity index (χ4v) is 7.83. The monoisotopic (exact) mass is 807 g/mol. The van der Waals surface area contributed by atoms with Crippen molar-refractivity contribution in [1.82, 2.24) is 14.7 Å². The van der Waals surface area contributed by atoms with Crippen molar-refractivity contribution in [3.05, 3.63) is 155 Å². The van der Waals surface area contributed by atoms with Crippen LogP contribution in [0.5, 0.6) is 0 Å². The van der Waals surface area contributed by atoms with E-state index in [0.29, 0.717) is 46.7 Å². The second kappa shape index (κ2) is 17.2. The van der Waals surface area contributed by atoms with Crippen LogP contribution in [0.4, 0.5) is 10.6 Å². The number of esters is 1. The molecule has 6 aromatic rings. The summed E-state index contributed by atoms with van der Waals surface area (Å²) in [5.74, 6) is -1.04. The number of ether oxygens (including phenoxy) is 2. The van der Waals surface area contributed by atoms with Gasteiger partial charge in [0, 0.05) is 35.5 Å². The molecule has 1 fully saturated rings. The number of anilines is 1. The van der Waals surface area contributed by atoms with E-state index in [1.54, 1.807) is 45.9 Å². The lowest BCUT2D eigenvalue weighted by atomic mass is 9.77. The van der Waals surface area contributed by atoms with Crippen molar-refractivity contribution in [1.29, 1.82) is 5.26 Å². The number of aromatic nitrogens is 2. The number of carbonyl (C=O) groups excluding carboxylic acids is 3. The van der Waals surface area contributed by atoms with Crippen molar-refractivity contribution < 1.29 is 23.9 Å². The van der Waals surface area contributed by atoms with E-state index < -0.39 is 35.2 Å². The second-order valence-electron chi connectivity index (χ2n) is 15.8. The minimum atomic E-state index is -1.05. The number of nitrogens with one attached hydrogen (secondary N) is 1. The number of likely N-dealkylation sites (tertiary alicyclic amines) is 1. The molecule has 2 heterocycles. The molecule has 11 heteroatoms. The Balaban J connectivity index is 1.32. The first-order chi connectivity index (χ1) is 28.4. The van der Waals surface area contributed by atoms with Crippen LogP contribution in [-0.2, 0) is 24.6 Å². The molecule has 0 bridgehead atoms. The Morgan fingerprint density at radius 1 is 0.864 bits per heavy atom. The number of fused-ring (bicyclic) bond motifs is 1. The van der Waals surface area contributed by atoms with Crippen LogP contribution in [0.3, 0.4) is 0 Å². The number of amides is 2. The number of nitriles is 1. The molecule has 0 radical (unpaired) electrons. The first-order valence-corrected chi connectivity index (χ1v) is 20.2. The molecular formula is C48H46ClN5O5. The third-order valence-corrected chi connectivity index (χ3v) is 11.0. The zero-order valence-electron chi connectivity index (χ0n) is 33.5. The molecule has 1 aliphatic heterocycles. The van der Waals surface area contributed by atoms with Gasteiger partial charge >= 0.3 is 12.1 Å². The number of benzene rings is 5. The minimum Gasteiger partial charge on any atom is -0.425 e. The summed E-state index contributed by atoms with van der Waals surface area (Å²) in [6.07, 6.45) is -0.308. The standard InChI is InChI=1S/C48H46ClN5O5/c1-5-42(58-45(56)47(2,3)4)59-46(57)53-27-15-16-34(31-53)44(55)51-43-39-29-33(38-28-32(30-50)23-25-40(38)49)24-26-41(39)54(52-43)48(35-17-9-6-10-18-35,36-19-11-7-12-20-36)37-21-13-8-14-22-37/h6-14,17-26,28-29,34,42H,5,15-16,27,31H2,1-4H3,(H,51,52,55)/t34-,42?/m1/s1. The predicted octanol–water partition coefficient (Wildman–Crippen LogP) is 10.2. The highest BCUT2D eigenvalue weighted by atomic mass is 35.5. The molecule has 1 aliphatic rings. The van der Waals surface area contributed by atoms with Gasteiger partial charge in [0.05, 0.1) is 28.5 Å². The third-order valence-electron chi connectivity index (χ3n) is 10.7. The van der Waals surface area contributed by atoms with Crippen LogP contribution in [0.25, 0.3) is 22.0 Å². The first kappa shape index (κ1) is 40.7. The van der Waals surface area contributed by atoms with Gasteiger partial charge in [-0.15, -0.1) is 0 Å². The summed E-state index contributed by atoms with van der Waals surface area (Å²) in [5.41, 5.74) is 3.70. The molecule has 2 amide bonds. The normalized spacial score (nSPS) is 14.9. The van der Waals surface area contributed by atoms with Crippen LogP contribution in [0.2, 0.25) is 5.02 Å². The Bertz CT molecular complexity index is 2410. The lowest BCUT2D eigenvalue weighted by molar-refractivity contribution is -0.179. The van der Waals surface area contributed by atoms with Crippen molar-refractivity contribution in [2.24, 2.45) is 11.3 Å². The SMILES string of the molecule is CCC(OC(=O)N1CCC[C@@H](C(=O)Nc2nn(C(c3ccccc3)(c3ccccc3)c3ccccc3)c3ccc(-c4cc(C#N)ccc4Cl)cc23)C1)OC(=O)C(C)(C)C. The van der Waals surface area contributed by atoms with Gasteiger partial charge in [-0.05, 0) is 86.2 Å². The van der Waals surface area contributed by atoms with E-state index in [9.17, 15) is 19.6 Å². The van der Waals surface area contributed by atoms with Gasteiger partial charge in [-0.3, -0.25) is 9.59 Å². The topological polar surface area (TPSA) is 127 Å². The van der Waals surface area contributed by atoms with Crippen LogP contribution in [0, 0.1) is 22.7 Å². The molecule has 0 aliphatic carbocycles. The van der Waals surface area contributed by atoms with Crippen molar-refractivity contribution in [3.63, 3.8) is 0 Å². The number of rotatable bonds is 10. The largest absolute Gasteiger partial charge is 0.425 e. The average Bonchev–Trinajstić information content (AvgIpc) is 3.61. The van der Waals surface area contributed by atoms with E-state index in [-0.39, 0.29) is 18.9 Å². The molecule has 1 aromatic heterocycles. The van der Waals surface area contributed by atoms with Crippen molar-refractivity contribution in [3.8, 4) is 17.2 Å². The van der Waals surface area contributed by atoms with Crippen LogP contribution in [-0.4, -0.2) is 52.0 Å². The fourth-order valence-electron chi connectivity index (χ4n) is 7.60. The number of hydrogen-bond donors (Lipinski definition) is 1. The molecule has 1 saturated heterocycles. The maximum Gasteiger partial charge on any atom is 0.412 e. The molecule has 59 heavy (non-hydrogen) atoms.